The Kier molecular flexibility index (Phi) is 5.20. The molecule has 0 saturated carbocycles. The molecule has 110 valence electrons. The van der Waals surface area contributed by atoms with Crippen molar-refractivity contribution in [2.45, 2.75) is 40.5 Å². The maximum absolute atomic E-state index is 12.4. The largest absolute Gasteiger partial charge is 0.480 e. The summed E-state index contributed by atoms with van der Waals surface area (Å²) < 4.78 is 0. The van der Waals surface area contributed by atoms with Crippen LogP contribution >= 0.6 is 0 Å². The van der Waals surface area contributed by atoms with Crippen molar-refractivity contribution in [3.8, 4) is 0 Å². The number of piperidine rings is 1. The molecule has 19 heavy (non-hydrogen) atoms. The number of amides is 2. The van der Waals surface area contributed by atoms with E-state index in [-0.39, 0.29) is 23.9 Å². The van der Waals surface area contributed by atoms with E-state index in [0.29, 0.717) is 13.1 Å². The Bertz CT molecular complexity index is 340. The first-order valence-electron chi connectivity index (χ1n) is 6.97. The number of carboxylic acid groups (broad SMARTS) is 1. The fourth-order valence-corrected chi connectivity index (χ4v) is 2.60. The van der Waals surface area contributed by atoms with Crippen LogP contribution in [0.15, 0.2) is 0 Å². The molecular weight excluding hydrogens is 244 g/mol. The zero-order valence-electron chi connectivity index (χ0n) is 12.5. The first kappa shape index (κ1) is 15.8. The van der Waals surface area contributed by atoms with Gasteiger partial charge in [0.25, 0.3) is 0 Å². The van der Waals surface area contributed by atoms with E-state index >= 15 is 0 Å². The highest BCUT2D eigenvalue weighted by Crippen LogP contribution is 2.28. The predicted octanol–water partition coefficient (Wildman–Crippen LogP) is 2.27. The summed E-state index contributed by atoms with van der Waals surface area (Å²) in [5.74, 6) is -0.689. The van der Waals surface area contributed by atoms with E-state index in [9.17, 15) is 9.59 Å². The summed E-state index contributed by atoms with van der Waals surface area (Å²) in [6.45, 7) is 9.99. The van der Waals surface area contributed by atoms with Gasteiger partial charge in [-0.15, -0.1) is 0 Å². The molecule has 0 spiro atoms. The van der Waals surface area contributed by atoms with Crippen LogP contribution in [0.5, 0.6) is 0 Å². The number of hydrogen-bond acceptors (Lipinski definition) is 2. The summed E-state index contributed by atoms with van der Waals surface area (Å²) in [4.78, 5) is 26.6. The van der Waals surface area contributed by atoms with Crippen LogP contribution < -0.4 is 0 Å². The second-order valence-corrected chi connectivity index (χ2v) is 6.64. The summed E-state index contributed by atoms with van der Waals surface area (Å²) in [5.41, 5.74) is 0.126. The van der Waals surface area contributed by atoms with Gasteiger partial charge in [-0.25, -0.2) is 4.79 Å². The first-order chi connectivity index (χ1) is 8.71. The van der Waals surface area contributed by atoms with Gasteiger partial charge in [0.05, 0.1) is 0 Å². The third-order valence-electron chi connectivity index (χ3n) is 3.35. The Labute approximate surface area is 115 Å². The van der Waals surface area contributed by atoms with E-state index in [0.717, 1.165) is 19.4 Å². The maximum atomic E-state index is 12.4. The van der Waals surface area contributed by atoms with Gasteiger partial charge in [-0.05, 0) is 24.2 Å². The van der Waals surface area contributed by atoms with Crippen LogP contribution in [0.3, 0.4) is 0 Å². The SMILES string of the molecule is CC(C)CN(CC(=O)O)C(=O)N1CCCC(C)(C)C1. The smallest absolute Gasteiger partial charge is 0.323 e. The van der Waals surface area contributed by atoms with E-state index in [1.54, 1.807) is 4.90 Å². The minimum absolute atomic E-state index is 0.126. The standard InChI is InChI=1S/C14H26N2O3/c1-11(2)8-16(9-12(17)18)13(19)15-7-5-6-14(3,4)10-15/h11H,5-10H2,1-4H3,(H,17,18). The summed E-state index contributed by atoms with van der Waals surface area (Å²) >= 11 is 0. The lowest BCUT2D eigenvalue weighted by Gasteiger charge is -2.40. The molecular formula is C14H26N2O3. The lowest BCUT2D eigenvalue weighted by molar-refractivity contribution is -0.137. The molecule has 2 amide bonds. The van der Waals surface area contributed by atoms with Crippen molar-refractivity contribution < 1.29 is 14.7 Å². The lowest BCUT2D eigenvalue weighted by Crippen LogP contribution is -2.51. The molecule has 1 aliphatic rings. The molecule has 0 aromatic heterocycles. The van der Waals surface area contributed by atoms with Crippen molar-refractivity contribution in [1.82, 2.24) is 9.80 Å². The van der Waals surface area contributed by atoms with Crippen molar-refractivity contribution >= 4 is 12.0 Å². The van der Waals surface area contributed by atoms with Crippen molar-refractivity contribution in [3.63, 3.8) is 0 Å². The van der Waals surface area contributed by atoms with Gasteiger partial charge >= 0.3 is 12.0 Å². The number of nitrogens with zero attached hydrogens (tertiary/aromatic N) is 2. The average Bonchev–Trinajstić information content (AvgIpc) is 2.24. The Morgan fingerprint density at radius 2 is 2.00 bits per heavy atom. The second kappa shape index (κ2) is 6.26. The van der Waals surface area contributed by atoms with Gasteiger partial charge in [0.1, 0.15) is 6.54 Å². The van der Waals surface area contributed by atoms with Crippen molar-refractivity contribution in [1.29, 1.82) is 0 Å². The zero-order valence-corrected chi connectivity index (χ0v) is 12.5. The topological polar surface area (TPSA) is 60.9 Å². The summed E-state index contributed by atoms with van der Waals surface area (Å²) in [7, 11) is 0. The number of urea groups is 1. The molecule has 5 heteroatoms. The van der Waals surface area contributed by atoms with Crippen molar-refractivity contribution in [3.05, 3.63) is 0 Å². The highest BCUT2D eigenvalue weighted by atomic mass is 16.4. The molecule has 0 aromatic carbocycles. The molecule has 1 fully saturated rings. The van der Waals surface area contributed by atoms with Crippen LogP contribution in [-0.4, -0.2) is 53.1 Å². The van der Waals surface area contributed by atoms with Gasteiger partial charge in [0.2, 0.25) is 0 Å². The molecule has 0 unspecified atom stereocenters. The second-order valence-electron chi connectivity index (χ2n) is 6.64. The van der Waals surface area contributed by atoms with Crippen LogP contribution in [0, 0.1) is 11.3 Å². The molecule has 0 aliphatic carbocycles. The number of likely N-dealkylation sites (tertiary alicyclic amines) is 1. The molecule has 0 aromatic rings. The number of rotatable bonds is 4. The number of carbonyl (C=O) groups excluding carboxylic acids is 1. The Morgan fingerprint density at radius 1 is 1.37 bits per heavy atom. The fraction of sp³-hybridized carbons (Fsp3) is 0.857. The summed E-state index contributed by atoms with van der Waals surface area (Å²) in [5, 5.41) is 8.93. The molecule has 1 rings (SSSR count). The average molecular weight is 270 g/mol. The third kappa shape index (κ3) is 5.09. The fourth-order valence-electron chi connectivity index (χ4n) is 2.60. The first-order valence-corrected chi connectivity index (χ1v) is 6.97. The number of aliphatic carboxylic acids is 1. The van der Waals surface area contributed by atoms with E-state index in [1.807, 2.05) is 13.8 Å². The van der Waals surface area contributed by atoms with Gasteiger partial charge in [0.15, 0.2) is 0 Å². The highest BCUT2D eigenvalue weighted by molar-refractivity contribution is 5.80. The van der Waals surface area contributed by atoms with Crippen LogP contribution in [-0.2, 0) is 4.79 Å². The summed E-state index contributed by atoms with van der Waals surface area (Å²) in [6, 6.07) is -0.135. The third-order valence-corrected chi connectivity index (χ3v) is 3.35. The molecule has 5 nitrogen and oxygen atoms in total. The molecule has 1 saturated heterocycles. The monoisotopic (exact) mass is 270 g/mol. The maximum Gasteiger partial charge on any atom is 0.323 e. The number of hydrogen-bond donors (Lipinski definition) is 1. The van der Waals surface area contributed by atoms with Gasteiger partial charge in [-0.2, -0.15) is 0 Å². The number of carboxylic acids is 1. The molecule has 1 N–H and O–H groups in total. The number of carbonyl (C=O) groups is 2. The van der Waals surface area contributed by atoms with E-state index in [2.05, 4.69) is 13.8 Å². The molecule has 0 bridgehead atoms. The normalized spacial score (nSPS) is 18.5. The molecule has 1 heterocycles. The van der Waals surface area contributed by atoms with Crippen LogP contribution in [0.2, 0.25) is 0 Å². The predicted molar refractivity (Wildman–Crippen MR) is 74.0 cm³/mol. The van der Waals surface area contributed by atoms with E-state index in [4.69, 9.17) is 5.11 Å². The van der Waals surface area contributed by atoms with Gasteiger partial charge in [-0.1, -0.05) is 27.7 Å². The zero-order chi connectivity index (χ0) is 14.6. The molecule has 0 atom stereocenters. The Morgan fingerprint density at radius 3 is 2.47 bits per heavy atom. The lowest BCUT2D eigenvalue weighted by atomic mass is 9.84. The molecule has 1 aliphatic heterocycles. The minimum Gasteiger partial charge on any atom is -0.480 e. The quantitative estimate of drug-likeness (QED) is 0.852. The highest BCUT2D eigenvalue weighted by Gasteiger charge is 2.32. The van der Waals surface area contributed by atoms with Crippen LogP contribution in [0.4, 0.5) is 4.79 Å². The minimum atomic E-state index is -0.953. The van der Waals surface area contributed by atoms with E-state index < -0.39 is 5.97 Å². The van der Waals surface area contributed by atoms with Crippen LogP contribution in [0.25, 0.3) is 0 Å². The van der Waals surface area contributed by atoms with E-state index in [1.165, 1.54) is 4.90 Å². The Balaban J connectivity index is 2.72. The molecule has 0 radical (unpaired) electrons. The Hall–Kier alpha value is -1.26. The van der Waals surface area contributed by atoms with Gasteiger partial charge in [0, 0.05) is 19.6 Å². The van der Waals surface area contributed by atoms with Crippen molar-refractivity contribution in [2.75, 3.05) is 26.2 Å². The van der Waals surface area contributed by atoms with Crippen LogP contribution in [0.1, 0.15) is 40.5 Å². The van der Waals surface area contributed by atoms with Gasteiger partial charge in [-0.3, -0.25) is 4.79 Å². The van der Waals surface area contributed by atoms with Crippen molar-refractivity contribution in [2.24, 2.45) is 11.3 Å². The van der Waals surface area contributed by atoms with Gasteiger partial charge < -0.3 is 14.9 Å². The summed E-state index contributed by atoms with van der Waals surface area (Å²) in [6.07, 6.45) is 2.10.